The van der Waals surface area contributed by atoms with Crippen LogP contribution < -0.4 is 4.74 Å². The van der Waals surface area contributed by atoms with Gasteiger partial charge in [-0.05, 0) is 51.3 Å². The first-order valence-corrected chi connectivity index (χ1v) is 12.0. The number of rotatable bonds is 12. The van der Waals surface area contributed by atoms with E-state index in [9.17, 15) is 23.1 Å². The zero-order valence-electron chi connectivity index (χ0n) is 19.9. The molecule has 0 unspecified atom stereocenters. The molecule has 2 aliphatic rings. The highest BCUT2D eigenvalue weighted by Gasteiger charge is 2.49. The van der Waals surface area contributed by atoms with Gasteiger partial charge >= 0.3 is 12.1 Å². The number of alkyl halides is 3. The topological polar surface area (TPSA) is 74.2 Å². The number of aliphatic hydroxyl groups is 1. The summed E-state index contributed by atoms with van der Waals surface area (Å²) in [7, 11) is 0. The molecule has 0 spiro atoms. The monoisotopic (exact) mass is 498 g/mol. The highest BCUT2D eigenvalue weighted by molar-refractivity contribution is 5.69. The normalized spacial score (nSPS) is 25.1. The Morgan fingerprint density at radius 2 is 2.00 bits per heavy atom. The minimum atomic E-state index is -4.45. The number of allylic oxidation sites excluding steroid dienone is 2. The summed E-state index contributed by atoms with van der Waals surface area (Å²) in [5, 5.41) is 10.3. The number of benzene rings is 1. The summed E-state index contributed by atoms with van der Waals surface area (Å²) < 4.78 is 49.0. The van der Waals surface area contributed by atoms with Crippen molar-refractivity contribution in [2.45, 2.75) is 76.5 Å². The van der Waals surface area contributed by atoms with Crippen LogP contribution in [0.5, 0.6) is 5.75 Å². The zero-order valence-corrected chi connectivity index (χ0v) is 19.9. The van der Waals surface area contributed by atoms with Crippen molar-refractivity contribution in [3.05, 3.63) is 54.1 Å². The van der Waals surface area contributed by atoms with Crippen molar-refractivity contribution >= 4 is 5.97 Å². The predicted octanol–water partition coefficient (Wildman–Crippen LogP) is 5.40. The second-order valence-electron chi connectivity index (χ2n) is 9.17. The Bertz CT molecular complexity index is 882. The van der Waals surface area contributed by atoms with Crippen molar-refractivity contribution in [1.82, 2.24) is 0 Å². The minimum absolute atomic E-state index is 0.0289. The number of carbonyl (C=O) groups is 1. The van der Waals surface area contributed by atoms with Crippen molar-refractivity contribution in [1.29, 1.82) is 0 Å². The Morgan fingerprint density at radius 1 is 1.23 bits per heavy atom. The number of carbonyl (C=O) groups excluding carboxylic acids is 1. The standard InChI is InChI=1S/C26H33F3O6/c1-17(2)33-25(31)11-6-4-3-5-10-21-22(24-15-23(21)34-35-24)13-12-19(30)16-32-20-9-7-8-18(14-20)26(27,28)29/h3,5,7-9,12-14,17,19,21-24,30H,4,6,10-11,15-16H2,1-2H3/b5-3-,13-12+/t19-,21-,22-,23+,24-/m1/s1. The van der Waals surface area contributed by atoms with Crippen LogP contribution in [0.3, 0.4) is 0 Å². The lowest BCUT2D eigenvalue weighted by Crippen LogP contribution is -2.29. The summed E-state index contributed by atoms with van der Waals surface area (Å²) in [5.74, 6) is 0.0867. The molecule has 1 saturated carbocycles. The first-order chi connectivity index (χ1) is 16.6. The van der Waals surface area contributed by atoms with Gasteiger partial charge in [-0.1, -0.05) is 30.4 Å². The number of ether oxygens (including phenoxy) is 2. The van der Waals surface area contributed by atoms with Crippen LogP contribution in [0, 0.1) is 11.8 Å². The Hall–Kier alpha value is -2.36. The summed E-state index contributed by atoms with van der Waals surface area (Å²) in [6, 6.07) is 4.56. The third kappa shape index (κ3) is 8.37. The smallest absolute Gasteiger partial charge is 0.416 e. The van der Waals surface area contributed by atoms with Crippen LogP contribution >= 0.6 is 0 Å². The van der Waals surface area contributed by atoms with Gasteiger partial charge in [0.15, 0.2) is 0 Å². The molecule has 1 aliphatic carbocycles. The number of unbranched alkanes of at least 4 members (excludes halogenated alkanes) is 1. The molecule has 0 aromatic heterocycles. The molecule has 1 aromatic carbocycles. The van der Waals surface area contributed by atoms with E-state index in [1.54, 1.807) is 6.08 Å². The van der Waals surface area contributed by atoms with E-state index in [0.717, 1.165) is 37.8 Å². The van der Waals surface area contributed by atoms with Crippen molar-refractivity contribution in [3.63, 3.8) is 0 Å². The maximum Gasteiger partial charge on any atom is 0.416 e. The van der Waals surface area contributed by atoms with Gasteiger partial charge in [0.2, 0.25) is 0 Å². The molecular formula is C26H33F3O6. The molecule has 2 fully saturated rings. The van der Waals surface area contributed by atoms with Gasteiger partial charge in [-0.2, -0.15) is 13.2 Å². The number of hydrogen-bond acceptors (Lipinski definition) is 6. The molecule has 1 aromatic rings. The van der Waals surface area contributed by atoms with Crippen LogP contribution in [0.25, 0.3) is 0 Å². The summed E-state index contributed by atoms with van der Waals surface area (Å²) in [6.45, 7) is 3.48. The van der Waals surface area contributed by atoms with E-state index in [-0.39, 0.29) is 48.5 Å². The maximum absolute atomic E-state index is 12.8. The summed E-state index contributed by atoms with van der Waals surface area (Å²) in [5.41, 5.74) is -0.800. The minimum Gasteiger partial charge on any atom is -0.491 e. The SMILES string of the molecule is CC(C)OC(=O)CCC/C=C\C[C@@H]1[C@@H](/C=C/[C@@H](O)COc2cccc(C(F)(F)F)c2)[C@H]2C[C@@H]1OO2. The van der Waals surface area contributed by atoms with E-state index in [1.165, 1.54) is 12.1 Å². The number of halogens is 3. The molecule has 1 N–H and O–H groups in total. The van der Waals surface area contributed by atoms with Gasteiger partial charge in [-0.25, -0.2) is 9.78 Å². The van der Waals surface area contributed by atoms with Crippen LogP contribution in [0.1, 0.15) is 51.5 Å². The van der Waals surface area contributed by atoms with Crippen molar-refractivity contribution < 1.29 is 42.3 Å². The summed E-state index contributed by atoms with van der Waals surface area (Å²) >= 11 is 0. The van der Waals surface area contributed by atoms with Crippen LogP contribution in [-0.4, -0.2) is 42.1 Å². The van der Waals surface area contributed by atoms with Crippen molar-refractivity contribution in [2.24, 2.45) is 11.8 Å². The molecule has 0 radical (unpaired) electrons. The Kier molecular flexibility index (Phi) is 9.77. The molecule has 3 rings (SSSR count). The van der Waals surface area contributed by atoms with Gasteiger partial charge < -0.3 is 14.6 Å². The predicted molar refractivity (Wildman–Crippen MR) is 122 cm³/mol. The number of hydrogen-bond donors (Lipinski definition) is 1. The first kappa shape index (κ1) is 27.2. The van der Waals surface area contributed by atoms with Gasteiger partial charge in [0.25, 0.3) is 0 Å². The van der Waals surface area contributed by atoms with Crippen LogP contribution in [0.4, 0.5) is 13.2 Å². The van der Waals surface area contributed by atoms with E-state index < -0.39 is 17.8 Å². The van der Waals surface area contributed by atoms with E-state index >= 15 is 0 Å². The molecular weight excluding hydrogens is 465 g/mol. The third-order valence-corrected chi connectivity index (χ3v) is 6.00. The van der Waals surface area contributed by atoms with Gasteiger partial charge in [0, 0.05) is 24.7 Å². The van der Waals surface area contributed by atoms with E-state index in [1.807, 2.05) is 26.0 Å². The maximum atomic E-state index is 12.8. The molecule has 1 heterocycles. The third-order valence-electron chi connectivity index (χ3n) is 6.00. The van der Waals surface area contributed by atoms with E-state index in [4.69, 9.17) is 19.2 Å². The fourth-order valence-corrected chi connectivity index (χ4v) is 4.33. The van der Waals surface area contributed by atoms with Crippen LogP contribution in [0.15, 0.2) is 48.6 Å². The second-order valence-corrected chi connectivity index (χ2v) is 9.17. The summed E-state index contributed by atoms with van der Waals surface area (Å²) in [6.07, 6.45) is 5.37. The molecule has 1 aliphatic heterocycles. The first-order valence-electron chi connectivity index (χ1n) is 12.0. The number of esters is 1. The Labute approximate surface area is 203 Å². The van der Waals surface area contributed by atoms with Gasteiger partial charge in [0.05, 0.1) is 17.8 Å². The lowest BCUT2D eigenvalue weighted by Gasteiger charge is -2.27. The van der Waals surface area contributed by atoms with Gasteiger partial charge in [0.1, 0.15) is 24.6 Å². The average molecular weight is 499 g/mol. The van der Waals surface area contributed by atoms with E-state index in [2.05, 4.69) is 6.08 Å². The molecule has 2 bridgehead atoms. The molecule has 35 heavy (non-hydrogen) atoms. The van der Waals surface area contributed by atoms with Crippen LogP contribution in [-0.2, 0) is 25.5 Å². The highest BCUT2D eigenvalue weighted by Crippen LogP contribution is 2.45. The largest absolute Gasteiger partial charge is 0.491 e. The highest BCUT2D eigenvalue weighted by atomic mass is 19.4. The molecule has 5 atom stereocenters. The molecule has 194 valence electrons. The van der Waals surface area contributed by atoms with Crippen LogP contribution in [0.2, 0.25) is 0 Å². The Morgan fingerprint density at radius 3 is 2.74 bits per heavy atom. The van der Waals surface area contributed by atoms with Gasteiger partial charge in [-0.3, -0.25) is 4.79 Å². The van der Waals surface area contributed by atoms with Crippen molar-refractivity contribution in [3.8, 4) is 5.75 Å². The lowest BCUT2D eigenvalue weighted by atomic mass is 9.89. The zero-order chi connectivity index (χ0) is 25.4. The number of fused-ring (bicyclic) bond motifs is 2. The average Bonchev–Trinajstić information content (AvgIpc) is 3.39. The molecule has 1 saturated heterocycles. The molecule has 6 nitrogen and oxygen atoms in total. The van der Waals surface area contributed by atoms with E-state index in [0.29, 0.717) is 6.42 Å². The number of aliphatic hydroxyl groups excluding tert-OH is 1. The van der Waals surface area contributed by atoms with Crippen molar-refractivity contribution in [2.75, 3.05) is 6.61 Å². The second kappa shape index (κ2) is 12.6. The lowest BCUT2D eigenvalue weighted by molar-refractivity contribution is -0.336. The molecule has 9 heteroatoms. The Balaban J connectivity index is 1.45. The fraction of sp³-hybridized carbons (Fsp3) is 0.577. The molecule has 0 amide bonds. The fourth-order valence-electron chi connectivity index (χ4n) is 4.33. The quantitative estimate of drug-likeness (QED) is 0.180. The summed E-state index contributed by atoms with van der Waals surface area (Å²) in [4.78, 5) is 22.3. The van der Waals surface area contributed by atoms with Gasteiger partial charge in [-0.15, -0.1) is 0 Å².